The lowest BCUT2D eigenvalue weighted by Crippen LogP contribution is -2.41. The van der Waals surface area contributed by atoms with Crippen molar-refractivity contribution in [1.82, 2.24) is 14.9 Å². The second-order valence-corrected chi connectivity index (χ2v) is 6.74. The maximum absolute atomic E-state index is 12.4. The largest absolute Gasteiger partial charge is 0.493 e. The van der Waals surface area contributed by atoms with Crippen molar-refractivity contribution >= 4 is 5.91 Å². The first-order valence-electron chi connectivity index (χ1n) is 9.38. The molecule has 3 N–H and O–H groups in total. The Balaban J connectivity index is 1.52. The molecule has 29 heavy (non-hydrogen) atoms. The summed E-state index contributed by atoms with van der Waals surface area (Å²) in [6.07, 6.45) is 4.06. The number of imidazole rings is 1. The maximum atomic E-state index is 12.4. The molecule has 0 unspecified atom stereocenters. The SMILES string of the molecule is COc1ccc(CNC(=O)[C@@H](N)Cc2cn(Cc3ccccc3)cn2)cc1OC. The number of carbonyl (C=O) groups excluding carboxylic acids is 1. The molecule has 3 aromatic rings. The van der Waals surface area contributed by atoms with Gasteiger partial charge in [0.1, 0.15) is 0 Å². The minimum absolute atomic E-state index is 0.225. The van der Waals surface area contributed by atoms with Gasteiger partial charge >= 0.3 is 0 Å². The monoisotopic (exact) mass is 394 g/mol. The van der Waals surface area contributed by atoms with Crippen molar-refractivity contribution in [2.75, 3.05) is 14.2 Å². The van der Waals surface area contributed by atoms with Gasteiger partial charge < -0.3 is 25.1 Å². The molecule has 2 aromatic carbocycles. The van der Waals surface area contributed by atoms with Crippen molar-refractivity contribution in [1.29, 1.82) is 0 Å². The number of rotatable bonds is 9. The molecular weight excluding hydrogens is 368 g/mol. The van der Waals surface area contributed by atoms with E-state index in [2.05, 4.69) is 22.4 Å². The second-order valence-electron chi connectivity index (χ2n) is 6.74. The van der Waals surface area contributed by atoms with Crippen LogP contribution in [0.25, 0.3) is 0 Å². The van der Waals surface area contributed by atoms with Gasteiger partial charge in [0.2, 0.25) is 5.91 Å². The van der Waals surface area contributed by atoms with E-state index in [-0.39, 0.29) is 5.91 Å². The number of nitrogens with zero attached hydrogens (tertiary/aromatic N) is 2. The van der Waals surface area contributed by atoms with E-state index in [0.717, 1.165) is 17.8 Å². The quantitative estimate of drug-likeness (QED) is 0.580. The summed E-state index contributed by atoms with van der Waals surface area (Å²) < 4.78 is 12.5. The number of carbonyl (C=O) groups is 1. The van der Waals surface area contributed by atoms with Crippen LogP contribution in [0, 0.1) is 0 Å². The number of methoxy groups -OCH3 is 2. The lowest BCUT2D eigenvalue weighted by atomic mass is 10.1. The predicted octanol–water partition coefficient (Wildman–Crippen LogP) is 2.13. The average Bonchev–Trinajstić information content (AvgIpc) is 3.18. The van der Waals surface area contributed by atoms with Crippen molar-refractivity contribution in [3.63, 3.8) is 0 Å². The van der Waals surface area contributed by atoms with E-state index in [1.807, 2.05) is 41.1 Å². The van der Waals surface area contributed by atoms with Gasteiger partial charge in [-0.2, -0.15) is 0 Å². The summed E-state index contributed by atoms with van der Waals surface area (Å²) in [5, 5.41) is 2.86. The first-order valence-corrected chi connectivity index (χ1v) is 9.38. The van der Waals surface area contributed by atoms with Gasteiger partial charge in [-0.15, -0.1) is 0 Å². The second kappa shape index (κ2) is 9.75. The van der Waals surface area contributed by atoms with Crippen molar-refractivity contribution in [3.05, 3.63) is 77.9 Å². The Morgan fingerprint density at radius 3 is 2.59 bits per heavy atom. The number of aromatic nitrogens is 2. The van der Waals surface area contributed by atoms with Crippen LogP contribution in [0.5, 0.6) is 11.5 Å². The molecule has 1 atom stereocenters. The molecule has 0 bridgehead atoms. The van der Waals surface area contributed by atoms with Crippen LogP contribution in [0.2, 0.25) is 0 Å². The number of hydrogen-bond donors (Lipinski definition) is 2. The van der Waals surface area contributed by atoms with Gasteiger partial charge in [0, 0.05) is 25.7 Å². The Hall–Kier alpha value is -3.32. The summed E-state index contributed by atoms with van der Waals surface area (Å²) in [6, 6.07) is 15.0. The lowest BCUT2D eigenvalue weighted by molar-refractivity contribution is -0.122. The van der Waals surface area contributed by atoms with E-state index in [9.17, 15) is 4.79 Å². The molecule has 7 nitrogen and oxygen atoms in total. The molecule has 1 amide bonds. The number of ether oxygens (including phenoxy) is 2. The highest BCUT2D eigenvalue weighted by Crippen LogP contribution is 2.27. The molecule has 0 radical (unpaired) electrons. The third kappa shape index (κ3) is 5.58. The third-order valence-corrected chi connectivity index (χ3v) is 4.58. The van der Waals surface area contributed by atoms with Gasteiger partial charge in [0.25, 0.3) is 0 Å². The zero-order valence-electron chi connectivity index (χ0n) is 16.7. The van der Waals surface area contributed by atoms with E-state index in [0.29, 0.717) is 24.5 Å². The smallest absolute Gasteiger partial charge is 0.237 e. The maximum Gasteiger partial charge on any atom is 0.237 e. The number of amides is 1. The molecule has 0 saturated heterocycles. The Kier molecular flexibility index (Phi) is 6.86. The summed E-state index contributed by atoms with van der Waals surface area (Å²) in [5.74, 6) is 1.04. The van der Waals surface area contributed by atoms with Gasteiger partial charge in [0.15, 0.2) is 11.5 Å². The first-order chi connectivity index (χ1) is 14.1. The number of nitrogens with two attached hydrogens (primary N) is 1. The van der Waals surface area contributed by atoms with Crippen molar-refractivity contribution in [2.24, 2.45) is 5.73 Å². The molecular formula is C22H26N4O3. The van der Waals surface area contributed by atoms with Gasteiger partial charge in [-0.1, -0.05) is 36.4 Å². The van der Waals surface area contributed by atoms with Crippen LogP contribution in [-0.2, 0) is 24.3 Å². The highest BCUT2D eigenvalue weighted by atomic mass is 16.5. The van der Waals surface area contributed by atoms with Crippen molar-refractivity contribution < 1.29 is 14.3 Å². The highest BCUT2D eigenvalue weighted by Gasteiger charge is 2.16. The Labute approximate surface area is 170 Å². The fourth-order valence-corrected chi connectivity index (χ4v) is 3.02. The Bertz CT molecular complexity index is 940. The zero-order valence-corrected chi connectivity index (χ0v) is 16.7. The number of benzene rings is 2. The molecule has 0 aliphatic rings. The van der Waals surface area contributed by atoms with E-state index in [4.69, 9.17) is 15.2 Å². The van der Waals surface area contributed by atoms with Crippen LogP contribution in [-0.4, -0.2) is 35.7 Å². The Morgan fingerprint density at radius 2 is 1.86 bits per heavy atom. The van der Waals surface area contributed by atoms with E-state index < -0.39 is 6.04 Å². The van der Waals surface area contributed by atoms with Crippen LogP contribution < -0.4 is 20.5 Å². The molecule has 0 spiro atoms. The van der Waals surface area contributed by atoms with E-state index in [1.54, 1.807) is 26.6 Å². The summed E-state index contributed by atoms with van der Waals surface area (Å²) in [4.78, 5) is 16.7. The third-order valence-electron chi connectivity index (χ3n) is 4.58. The summed E-state index contributed by atoms with van der Waals surface area (Å²) >= 11 is 0. The lowest BCUT2D eigenvalue weighted by Gasteiger charge is -2.13. The summed E-state index contributed by atoms with van der Waals surface area (Å²) in [6.45, 7) is 1.09. The predicted molar refractivity (Wildman–Crippen MR) is 111 cm³/mol. The standard InChI is InChI=1S/C22H26N4O3/c1-28-20-9-8-17(10-21(20)29-2)12-24-22(27)19(23)11-18-14-26(15-25-18)13-16-6-4-3-5-7-16/h3-10,14-15,19H,11-13,23H2,1-2H3,(H,24,27)/t19-/m0/s1. The fourth-order valence-electron chi connectivity index (χ4n) is 3.02. The minimum Gasteiger partial charge on any atom is -0.493 e. The molecule has 0 fully saturated rings. The summed E-state index contributed by atoms with van der Waals surface area (Å²) in [7, 11) is 3.16. The molecule has 7 heteroatoms. The average molecular weight is 394 g/mol. The molecule has 1 aromatic heterocycles. The van der Waals surface area contributed by atoms with Crippen LogP contribution in [0.4, 0.5) is 0 Å². The fraction of sp³-hybridized carbons (Fsp3) is 0.273. The van der Waals surface area contributed by atoms with Gasteiger partial charge in [-0.05, 0) is 23.3 Å². The van der Waals surface area contributed by atoms with Crippen LogP contribution in [0.3, 0.4) is 0 Å². The molecule has 152 valence electrons. The van der Waals surface area contributed by atoms with E-state index in [1.165, 1.54) is 5.56 Å². The van der Waals surface area contributed by atoms with Crippen molar-refractivity contribution in [3.8, 4) is 11.5 Å². The molecule has 0 aliphatic heterocycles. The molecule has 3 rings (SSSR count). The molecule has 0 aliphatic carbocycles. The van der Waals surface area contributed by atoms with Crippen LogP contribution in [0.15, 0.2) is 61.1 Å². The number of hydrogen-bond acceptors (Lipinski definition) is 5. The van der Waals surface area contributed by atoms with Crippen molar-refractivity contribution in [2.45, 2.75) is 25.6 Å². The zero-order chi connectivity index (χ0) is 20.6. The van der Waals surface area contributed by atoms with Gasteiger partial charge in [0.05, 0.1) is 32.3 Å². The molecule has 0 saturated carbocycles. The van der Waals surface area contributed by atoms with Crippen LogP contribution >= 0.6 is 0 Å². The minimum atomic E-state index is -0.671. The summed E-state index contributed by atoms with van der Waals surface area (Å²) in [5.41, 5.74) is 8.94. The highest BCUT2D eigenvalue weighted by molar-refractivity contribution is 5.81. The first kappa shape index (κ1) is 20.4. The number of nitrogens with one attached hydrogen (secondary N) is 1. The topological polar surface area (TPSA) is 91.4 Å². The van der Waals surface area contributed by atoms with Crippen LogP contribution in [0.1, 0.15) is 16.8 Å². The Morgan fingerprint density at radius 1 is 1.10 bits per heavy atom. The molecule has 1 heterocycles. The van der Waals surface area contributed by atoms with Gasteiger partial charge in [-0.25, -0.2) is 4.98 Å². The normalized spacial score (nSPS) is 11.7. The van der Waals surface area contributed by atoms with Gasteiger partial charge in [-0.3, -0.25) is 4.79 Å². The van der Waals surface area contributed by atoms with E-state index >= 15 is 0 Å².